The maximum Gasteiger partial charge on any atom is 0.125 e. The molecule has 0 aliphatic rings. The third-order valence-corrected chi connectivity index (χ3v) is 3.69. The first-order valence-corrected chi connectivity index (χ1v) is 6.75. The number of nitrogens with zero attached hydrogens (tertiary/aromatic N) is 4. The van der Waals surface area contributed by atoms with E-state index in [1.54, 1.807) is 4.68 Å². The molecule has 0 bridgehead atoms. The molecule has 0 radical (unpaired) electrons. The summed E-state index contributed by atoms with van der Waals surface area (Å²) >= 11 is 0. The van der Waals surface area contributed by atoms with Crippen molar-refractivity contribution in [1.29, 1.82) is 0 Å². The number of fused-ring (bicyclic) bond motifs is 1. The van der Waals surface area contributed by atoms with E-state index in [1.165, 1.54) is 0 Å². The van der Waals surface area contributed by atoms with Gasteiger partial charge in [0.25, 0.3) is 0 Å². The van der Waals surface area contributed by atoms with E-state index in [0.29, 0.717) is 11.7 Å². The van der Waals surface area contributed by atoms with Crippen LogP contribution in [0.1, 0.15) is 25.3 Å². The van der Waals surface area contributed by atoms with Crippen LogP contribution in [-0.2, 0) is 14.1 Å². The lowest BCUT2D eigenvalue weighted by Gasteiger charge is -2.05. The summed E-state index contributed by atoms with van der Waals surface area (Å²) in [4.78, 5) is 0. The minimum atomic E-state index is 0.305. The lowest BCUT2D eigenvalue weighted by molar-refractivity contribution is 0.772. The van der Waals surface area contributed by atoms with E-state index in [2.05, 4.69) is 36.2 Å². The SMILES string of the molecule is CC(C)c1c(-c2nn(C)c3ccccc23)nn(C)c1N. The van der Waals surface area contributed by atoms with Crippen LogP contribution in [0.15, 0.2) is 24.3 Å². The van der Waals surface area contributed by atoms with E-state index in [1.807, 2.05) is 30.9 Å². The number of nitrogen functional groups attached to an aromatic ring is 1. The van der Waals surface area contributed by atoms with Gasteiger partial charge in [-0.1, -0.05) is 32.0 Å². The second-order valence-electron chi connectivity index (χ2n) is 5.42. The van der Waals surface area contributed by atoms with Crippen LogP contribution in [0.3, 0.4) is 0 Å². The summed E-state index contributed by atoms with van der Waals surface area (Å²) in [6.07, 6.45) is 0. The molecule has 0 unspecified atom stereocenters. The van der Waals surface area contributed by atoms with Crippen molar-refractivity contribution in [2.45, 2.75) is 19.8 Å². The number of para-hydroxylation sites is 1. The molecule has 0 aliphatic heterocycles. The number of aromatic nitrogens is 4. The molecule has 5 heteroatoms. The zero-order valence-corrected chi connectivity index (χ0v) is 12.3. The Hall–Kier alpha value is -2.30. The molecule has 0 fully saturated rings. The van der Waals surface area contributed by atoms with E-state index >= 15 is 0 Å². The van der Waals surface area contributed by atoms with Gasteiger partial charge >= 0.3 is 0 Å². The standard InChI is InChI=1S/C15H19N5/c1-9(2)12-14(18-20(4)15(12)16)13-10-7-5-6-8-11(10)19(3)17-13/h5-9H,16H2,1-4H3. The normalized spacial score (nSPS) is 11.7. The van der Waals surface area contributed by atoms with Gasteiger partial charge in [0.2, 0.25) is 0 Å². The second kappa shape index (κ2) is 4.37. The monoisotopic (exact) mass is 269 g/mol. The Bertz CT molecular complexity index is 779. The summed E-state index contributed by atoms with van der Waals surface area (Å²) in [6, 6.07) is 8.18. The van der Waals surface area contributed by atoms with Gasteiger partial charge in [-0.2, -0.15) is 10.2 Å². The van der Waals surface area contributed by atoms with Gasteiger partial charge in [0.05, 0.1) is 5.52 Å². The molecule has 0 spiro atoms. The Morgan fingerprint density at radius 3 is 2.35 bits per heavy atom. The average molecular weight is 269 g/mol. The van der Waals surface area contributed by atoms with Crippen LogP contribution >= 0.6 is 0 Å². The molecular formula is C15H19N5. The molecule has 3 rings (SSSR count). The highest BCUT2D eigenvalue weighted by Gasteiger charge is 2.22. The summed E-state index contributed by atoms with van der Waals surface area (Å²) in [5.41, 5.74) is 10.1. The fourth-order valence-electron chi connectivity index (χ4n) is 2.69. The molecule has 104 valence electrons. The summed E-state index contributed by atoms with van der Waals surface area (Å²) in [6.45, 7) is 4.25. The minimum absolute atomic E-state index is 0.305. The number of benzene rings is 1. The maximum atomic E-state index is 6.16. The first kappa shape index (κ1) is 12.7. The second-order valence-corrected chi connectivity index (χ2v) is 5.42. The summed E-state index contributed by atoms with van der Waals surface area (Å²) in [5.74, 6) is 1.02. The smallest absolute Gasteiger partial charge is 0.125 e. The maximum absolute atomic E-state index is 6.16. The van der Waals surface area contributed by atoms with Crippen molar-refractivity contribution in [1.82, 2.24) is 19.6 Å². The molecule has 2 heterocycles. The van der Waals surface area contributed by atoms with Crippen LogP contribution in [0.2, 0.25) is 0 Å². The summed E-state index contributed by atoms with van der Waals surface area (Å²) < 4.78 is 3.62. The van der Waals surface area contributed by atoms with E-state index in [0.717, 1.165) is 27.9 Å². The summed E-state index contributed by atoms with van der Waals surface area (Å²) in [7, 11) is 3.82. The van der Waals surface area contributed by atoms with Gasteiger partial charge < -0.3 is 5.73 Å². The number of rotatable bonds is 2. The Morgan fingerprint density at radius 2 is 1.65 bits per heavy atom. The fourth-order valence-corrected chi connectivity index (χ4v) is 2.69. The number of anilines is 1. The molecule has 1 aromatic carbocycles. The highest BCUT2D eigenvalue weighted by Crippen LogP contribution is 2.35. The van der Waals surface area contributed by atoms with Crippen molar-refractivity contribution in [3.8, 4) is 11.4 Å². The van der Waals surface area contributed by atoms with Gasteiger partial charge in [0, 0.05) is 25.0 Å². The molecule has 3 aromatic rings. The van der Waals surface area contributed by atoms with E-state index in [9.17, 15) is 0 Å². The van der Waals surface area contributed by atoms with Gasteiger partial charge in [-0.25, -0.2) is 0 Å². The molecule has 2 aromatic heterocycles. The molecular weight excluding hydrogens is 250 g/mol. The number of nitrogens with two attached hydrogens (primary N) is 1. The highest BCUT2D eigenvalue weighted by molar-refractivity contribution is 5.93. The van der Waals surface area contributed by atoms with Crippen LogP contribution in [0.4, 0.5) is 5.82 Å². The Balaban J connectivity index is 2.34. The minimum Gasteiger partial charge on any atom is -0.384 e. The van der Waals surface area contributed by atoms with E-state index in [-0.39, 0.29) is 0 Å². The highest BCUT2D eigenvalue weighted by atomic mass is 15.3. The van der Waals surface area contributed by atoms with Crippen LogP contribution in [0.5, 0.6) is 0 Å². The van der Waals surface area contributed by atoms with Crippen LogP contribution in [0, 0.1) is 0 Å². The molecule has 0 atom stereocenters. The average Bonchev–Trinajstić information content (AvgIpc) is 2.89. The van der Waals surface area contributed by atoms with Crippen LogP contribution < -0.4 is 5.73 Å². The van der Waals surface area contributed by atoms with Gasteiger partial charge in [-0.05, 0) is 12.0 Å². The van der Waals surface area contributed by atoms with Gasteiger partial charge in [0.15, 0.2) is 0 Å². The summed E-state index contributed by atoms with van der Waals surface area (Å²) in [5, 5.41) is 10.3. The first-order valence-electron chi connectivity index (χ1n) is 6.75. The Kier molecular flexibility index (Phi) is 2.78. The largest absolute Gasteiger partial charge is 0.384 e. The molecule has 0 saturated heterocycles. The van der Waals surface area contributed by atoms with Crippen LogP contribution in [-0.4, -0.2) is 19.6 Å². The molecule has 5 nitrogen and oxygen atoms in total. The Morgan fingerprint density at radius 1 is 1.00 bits per heavy atom. The molecule has 0 aliphatic carbocycles. The van der Waals surface area contributed by atoms with Gasteiger partial charge in [0.1, 0.15) is 17.2 Å². The molecule has 0 amide bonds. The Labute approximate surface area is 118 Å². The third kappa shape index (κ3) is 1.70. The number of hydrogen-bond acceptors (Lipinski definition) is 3. The van der Waals surface area contributed by atoms with Gasteiger partial charge in [-0.15, -0.1) is 0 Å². The number of hydrogen-bond donors (Lipinski definition) is 1. The molecule has 2 N–H and O–H groups in total. The zero-order valence-electron chi connectivity index (χ0n) is 12.3. The lowest BCUT2D eigenvalue weighted by atomic mass is 10.00. The lowest BCUT2D eigenvalue weighted by Crippen LogP contribution is -2.00. The van der Waals surface area contributed by atoms with Crippen molar-refractivity contribution in [2.24, 2.45) is 14.1 Å². The quantitative estimate of drug-likeness (QED) is 0.778. The predicted octanol–water partition coefficient (Wildman–Crippen LogP) is 2.68. The number of aryl methyl sites for hydroxylation is 2. The predicted molar refractivity (Wildman–Crippen MR) is 81.4 cm³/mol. The zero-order chi connectivity index (χ0) is 14.4. The topological polar surface area (TPSA) is 61.7 Å². The third-order valence-electron chi connectivity index (χ3n) is 3.69. The van der Waals surface area contributed by atoms with Crippen molar-refractivity contribution >= 4 is 16.7 Å². The van der Waals surface area contributed by atoms with Crippen LogP contribution in [0.25, 0.3) is 22.3 Å². The van der Waals surface area contributed by atoms with Crippen molar-refractivity contribution in [3.05, 3.63) is 29.8 Å². The van der Waals surface area contributed by atoms with Crippen molar-refractivity contribution < 1.29 is 0 Å². The van der Waals surface area contributed by atoms with E-state index in [4.69, 9.17) is 5.73 Å². The molecule has 20 heavy (non-hydrogen) atoms. The van der Waals surface area contributed by atoms with E-state index < -0.39 is 0 Å². The fraction of sp³-hybridized carbons (Fsp3) is 0.333. The van der Waals surface area contributed by atoms with Gasteiger partial charge in [-0.3, -0.25) is 9.36 Å². The van der Waals surface area contributed by atoms with Crippen molar-refractivity contribution in [2.75, 3.05) is 5.73 Å². The molecule has 0 saturated carbocycles. The van der Waals surface area contributed by atoms with Crippen molar-refractivity contribution in [3.63, 3.8) is 0 Å². The first-order chi connectivity index (χ1) is 9.50.